The largest absolute Gasteiger partial charge is 0.379 e. The van der Waals surface area contributed by atoms with Gasteiger partial charge >= 0.3 is 0 Å². The second-order valence-electron chi connectivity index (χ2n) is 8.28. The van der Waals surface area contributed by atoms with Crippen LogP contribution in [0.5, 0.6) is 0 Å². The van der Waals surface area contributed by atoms with E-state index in [1.165, 1.54) is 0 Å². The van der Waals surface area contributed by atoms with Crippen molar-refractivity contribution in [1.82, 2.24) is 29.5 Å². The summed E-state index contributed by atoms with van der Waals surface area (Å²) >= 11 is 3.51. The molecule has 1 amide bonds. The highest BCUT2D eigenvalue weighted by Gasteiger charge is 2.19. The molecule has 11 heteroatoms. The fourth-order valence-corrected chi connectivity index (χ4v) is 4.31. The number of hydrogen-bond acceptors (Lipinski definition) is 8. The molecule has 2 aromatic heterocycles. The minimum absolute atomic E-state index is 0.165. The number of likely N-dealkylation sites (tertiary alicyclic amines) is 1. The number of hydrogen-bond donors (Lipinski definition) is 2. The highest BCUT2D eigenvalue weighted by molar-refractivity contribution is 9.10. The summed E-state index contributed by atoms with van der Waals surface area (Å²) in [5.74, 6) is 1.40. The molecule has 2 aliphatic heterocycles. The Morgan fingerprint density at radius 2 is 2.06 bits per heavy atom. The van der Waals surface area contributed by atoms with Crippen molar-refractivity contribution in [2.45, 2.75) is 31.7 Å². The van der Waals surface area contributed by atoms with E-state index in [2.05, 4.69) is 53.6 Å². The highest BCUT2D eigenvalue weighted by atomic mass is 79.9. The average molecular weight is 507 g/mol. The van der Waals surface area contributed by atoms with Crippen LogP contribution in [0, 0.1) is 0 Å². The molecule has 0 aliphatic carbocycles. The zero-order chi connectivity index (χ0) is 22.3. The van der Waals surface area contributed by atoms with Crippen molar-refractivity contribution >= 4 is 39.3 Å². The van der Waals surface area contributed by atoms with Crippen LogP contribution in [-0.4, -0.2) is 88.4 Å². The van der Waals surface area contributed by atoms with Crippen LogP contribution in [0.4, 0.5) is 17.5 Å². The van der Waals surface area contributed by atoms with Crippen molar-refractivity contribution < 1.29 is 9.53 Å². The van der Waals surface area contributed by atoms with Crippen LogP contribution in [0.2, 0.25) is 0 Å². The predicted octanol–water partition coefficient (Wildman–Crippen LogP) is 2.50. The standard InChI is InChI=1S/C21H31BrN8O2/c1-28-8-3-17(4-9-28)30-15-16(13-25-30)26-21-24-14-18(22)20(27-21)23-6-2-7-29-10-12-32-11-5-19(29)31/h13-15,17H,2-12H2,1H3,(H2,23,24,26,27). The number of nitrogens with one attached hydrogen (secondary N) is 2. The molecule has 4 heterocycles. The van der Waals surface area contributed by atoms with Gasteiger partial charge in [-0.15, -0.1) is 0 Å². The monoisotopic (exact) mass is 506 g/mol. The van der Waals surface area contributed by atoms with Crippen molar-refractivity contribution in [3.05, 3.63) is 23.1 Å². The summed E-state index contributed by atoms with van der Waals surface area (Å²) in [5.41, 5.74) is 0.874. The Morgan fingerprint density at radius 3 is 2.91 bits per heavy atom. The Morgan fingerprint density at radius 1 is 1.22 bits per heavy atom. The molecule has 0 atom stereocenters. The Balaban J connectivity index is 1.28. The third-order valence-electron chi connectivity index (χ3n) is 5.88. The van der Waals surface area contributed by atoms with Crippen molar-refractivity contribution in [2.24, 2.45) is 0 Å². The van der Waals surface area contributed by atoms with E-state index in [1.807, 2.05) is 22.0 Å². The van der Waals surface area contributed by atoms with Crippen LogP contribution in [-0.2, 0) is 9.53 Å². The van der Waals surface area contributed by atoms with Gasteiger partial charge in [0, 0.05) is 32.0 Å². The molecular formula is C21H31BrN8O2. The average Bonchev–Trinajstić information content (AvgIpc) is 3.15. The number of ether oxygens (including phenoxy) is 1. The molecule has 0 saturated carbocycles. The molecule has 0 unspecified atom stereocenters. The van der Waals surface area contributed by atoms with Crippen LogP contribution in [0.25, 0.3) is 0 Å². The van der Waals surface area contributed by atoms with E-state index < -0.39 is 0 Å². The van der Waals surface area contributed by atoms with Gasteiger partial charge in [-0.3, -0.25) is 9.48 Å². The fourth-order valence-electron chi connectivity index (χ4n) is 3.97. The number of amides is 1. The van der Waals surface area contributed by atoms with Crippen molar-refractivity contribution in [3.8, 4) is 0 Å². The Hall–Kier alpha value is -2.24. The number of rotatable bonds is 8. The van der Waals surface area contributed by atoms with E-state index in [0.717, 1.165) is 48.3 Å². The van der Waals surface area contributed by atoms with Gasteiger partial charge < -0.3 is 25.2 Å². The molecule has 174 valence electrons. The second kappa shape index (κ2) is 11.1. The maximum absolute atomic E-state index is 12.0. The Kier molecular flexibility index (Phi) is 7.93. The van der Waals surface area contributed by atoms with Crippen LogP contribution in [0.15, 0.2) is 23.1 Å². The SMILES string of the molecule is CN1CCC(n2cc(Nc3ncc(Br)c(NCCCN4CCOCCC4=O)n3)cn2)CC1. The van der Waals surface area contributed by atoms with Gasteiger partial charge in [0.1, 0.15) is 5.82 Å². The molecule has 0 radical (unpaired) electrons. The van der Waals surface area contributed by atoms with Gasteiger partial charge in [0.2, 0.25) is 11.9 Å². The first-order valence-corrected chi connectivity index (χ1v) is 12.0. The van der Waals surface area contributed by atoms with Crippen molar-refractivity contribution in [3.63, 3.8) is 0 Å². The van der Waals surface area contributed by atoms with Crippen LogP contribution in [0.1, 0.15) is 31.7 Å². The molecule has 32 heavy (non-hydrogen) atoms. The maximum Gasteiger partial charge on any atom is 0.229 e. The smallest absolute Gasteiger partial charge is 0.229 e. The quantitative estimate of drug-likeness (QED) is 0.526. The van der Waals surface area contributed by atoms with Gasteiger partial charge in [-0.05, 0) is 55.3 Å². The first-order chi connectivity index (χ1) is 15.6. The summed E-state index contributed by atoms with van der Waals surface area (Å²) in [5, 5.41) is 11.1. The van der Waals surface area contributed by atoms with Crippen LogP contribution >= 0.6 is 15.9 Å². The molecule has 4 rings (SSSR count). The van der Waals surface area contributed by atoms with Gasteiger partial charge in [-0.1, -0.05) is 0 Å². The van der Waals surface area contributed by atoms with Gasteiger partial charge in [-0.2, -0.15) is 10.1 Å². The lowest BCUT2D eigenvalue weighted by atomic mass is 10.1. The number of carbonyl (C=O) groups excluding carboxylic acids is 1. The molecule has 10 nitrogen and oxygen atoms in total. The number of piperidine rings is 1. The van der Waals surface area contributed by atoms with Crippen molar-refractivity contribution in [2.75, 3.05) is 63.6 Å². The summed E-state index contributed by atoms with van der Waals surface area (Å²) in [6.45, 7) is 5.39. The molecule has 2 fully saturated rings. The van der Waals surface area contributed by atoms with E-state index in [1.54, 1.807) is 6.20 Å². The lowest BCUT2D eigenvalue weighted by Gasteiger charge is -2.28. The number of nitrogens with zero attached hydrogens (tertiary/aromatic N) is 6. The zero-order valence-corrected chi connectivity index (χ0v) is 20.1. The second-order valence-corrected chi connectivity index (χ2v) is 9.14. The number of anilines is 3. The van der Waals surface area contributed by atoms with E-state index in [-0.39, 0.29) is 5.91 Å². The molecule has 2 saturated heterocycles. The number of halogens is 1. The minimum atomic E-state index is 0.165. The summed E-state index contributed by atoms with van der Waals surface area (Å²) in [4.78, 5) is 25.2. The summed E-state index contributed by atoms with van der Waals surface area (Å²) in [7, 11) is 2.16. The molecule has 2 N–H and O–H groups in total. The van der Waals surface area contributed by atoms with E-state index in [9.17, 15) is 4.79 Å². The van der Waals surface area contributed by atoms with Crippen molar-refractivity contribution in [1.29, 1.82) is 0 Å². The van der Waals surface area contributed by atoms with Crippen LogP contribution < -0.4 is 10.6 Å². The van der Waals surface area contributed by atoms with E-state index in [0.29, 0.717) is 51.3 Å². The molecule has 2 aromatic rings. The van der Waals surface area contributed by atoms with E-state index in [4.69, 9.17) is 4.74 Å². The summed E-state index contributed by atoms with van der Waals surface area (Å²) in [6.07, 6.45) is 9.08. The predicted molar refractivity (Wildman–Crippen MR) is 126 cm³/mol. The molecular weight excluding hydrogens is 476 g/mol. The molecule has 0 aromatic carbocycles. The topological polar surface area (TPSA) is 100 Å². The number of aromatic nitrogens is 4. The van der Waals surface area contributed by atoms with Gasteiger partial charge in [0.05, 0.1) is 42.0 Å². The first-order valence-electron chi connectivity index (χ1n) is 11.2. The molecule has 2 aliphatic rings. The van der Waals surface area contributed by atoms with Gasteiger partial charge in [0.15, 0.2) is 0 Å². The minimum Gasteiger partial charge on any atom is -0.379 e. The van der Waals surface area contributed by atoms with Crippen LogP contribution in [0.3, 0.4) is 0 Å². The fraction of sp³-hybridized carbons (Fsp3) is 0.619. The van der Waals surface area contributed by atoms with Gasteiger partial charge in [0.25, 0.3) is 0 Å². The maximum atomic E-state index is 12.0. The highest BCUT2D eigenvalue weighted by Crippen LogP contribution is 2.25. The molecule has 0 bridgehead atoms. The lowest BCUT2D eigenvalue weighted by molar-refractivity contribution is -0.130. The number of carbonyl (C=O) groups is 1. The summed E-state index contributed by atoms with van der Waals surface area (Å²) < 4.78 is 8.21. The normalized spacial score (nSPS) is 18.6. The summed E-state index contributed by atoms with van der Waals surface area (Å²) in [6, 6.07) is 0.437. The van der Waals surface area contributed by atoms with E-state index >= 15 is 0 Å². The lowest BCUT2D eigenvalue weighted by Crippen LogP contribution is -2.33. The molecule has 0 spiro atoms. The van der Waals surface area contributed by atoms with Gasteiger partial charge in [-0.25, -0.2) is 4.98 Å². The zero-order valence-electron chi connectivity index (χ0n) is 18.5. The Bertz CT molecular complexity index is 900. The first kappa shape index (κ1) is 22.9. The third-order valence-corrected chi connectivity index (χ3v) is 6.46. The third kappa shape index (κ3) is 6.17. The Labute approximate surface area is 196 Å².